The number of rotatable bonds is 4. The van der Waals surface area contributed by atoms with Crippen LogP contribution in [-0.2, 0) is 0 Å². The molecule has 2 aromatic carbocycles. The number of pyridine rings is 1. The fourth-order valence-electron chi connectivity index (χ4n) is 3.43. The maximum Gasteiger partial charge on any atom is 0.335 e. The highest BCUT2D eigenvalue weighted by Crippen LogP contribution is 2.33. The SMILES string of the molecule is CC(C)c1cc(-c2c[nH]c3ncc(-c4ccccc4)cc23)ccc1C(=O)O. The minimum Gasteiger partial charge on any atom is -0.478 e. The lowest BCUT2D eigenvalue weighted by Crippen LogP contribution is -2.04. The molecule has 4 heteroatoms. The lowest BCUT2D eigenvalue weighted by molar-refractivity contribution is 0.0695. The van der Waals surface area contributed by atoms with E-state index in [4.69, 9.17) is 0 Å². The van der Waals surface area contributed by atoms with E-state index in [-0.39, 0.29) is 5.92 Å². The summed E-state index contributed by atoms with van der Waals surface area (Å²) in [4.78, 5) is 19.3. The van der Waals surface area contributed by atoms with Gasteiger partial charge in [0.25, 0.3) is 0 Å². The van der Waals surface area contributed by atoms with Gasteiger partial charge in [-0.15, -0.1) is 0 Å². The highest BCUT2D eigenvalue weighted by molar-refractivity contribution is 5.97. The van der Waals surface area contributed by atoms with E-state index in [1.54, 1.807) is 6.07 Å². The summed E-state index contributed by atoms with van der Waals surface area (Å²) >= 11 is 0. The summed E-state index contributed by atoms with van der Waals surface area (Å²) in [5.74, 6) is -0.767. The number of carbonyl (C=O) groups is 1. The van der Waals surface area contributed by atoms with Gasteiger partial charge in [-0.2, -0.15) is 0 Å². The molecule has 2 heterocycles. The van der Waals surface area contributed by atoms with Crippen LogP contribution in [0.2, 0.25) is 0 Å². The molecule has 4 rings (SSSR count). The Kier molecular flexibility index (Phi) is 4.24. The van der Waals surface area contributed by atoms with Crippen LogP contribution in [0, 0.1) is 0 Å². The summed E-state index contributed by atoms with van der Waals surface area (Å²) in [6.07, 6.45) is 3.80. The van der Waals surface area contributed by atoms with Gasteiger partial charge in [-0.3, -0.25) is 0 Å². The number of carboxylic acid groups (broad SMARTS) is 1. The normalized spacial score (nSPS) is 11.2. The zero-order chi connectivity index (χ0) is 19.0. The predicted octanol–water partition coefficient (Wildman–Crippen LogP) is 5.72. The van der Waals surface area contributed by atoms with Crippen LogP contribution >= 0.6 is 0 Å². The van der Waals surface area contributed by atoms with E-state index in [1.807, 2.05) is 56.6 Å². The van der Waals surface area contributed by atoms with E-state index in [2.05, 4.69) is 28.2 Å². The quantitative estimate of drug-likeness (QED) is 0.491. The molecule has 0 fully saturated rings. The lowest BCUT2D eigenvalue weighted by atomic mass is 9.92. The molecule has 0 saturated heterocycles. The molecule has 134 valence electrons. The first kappa shape index (κ1) is 17.0. The second-order valence-electron chi connectivity index (χ2n) is 6.95. The fraction of sp³-hybridized carbons (Fsp3) is 0.130. The van der Waals surface area contributed by atoms with Gasteiger partial charge < -0.3 is 10.1 Å². The first-order valence-electron chi connectivity index (χ1n) is 8.95. The third-order valence-corrected chi connectivity index (χ3v) is 4.85. The summed E-state index contributed by atoms with van der Waals surface area (Å²) in [5, 5.41) is 10.5. The highest BCUT2D eigenvalue weighted by Gasteiger charge is 2.16. The number of hydrogen-bond acceptors (Lipinski definition) is 2. The Morgan fingerprint density at radius 2 is 1.78 bits per heavy atom. The number of carboxylic acids is 1. The zero-order valence-corrected chi connectivity index (χ0v) is 15.2. The average Bonchev–Trinajstić information content (AvgIpc) is 3.11. The van der Waals surface area contributed by atoms with E-state index in [9.17, 15) is 9.90 Å². The van der Waals surface area contributed by atoms with Crippen molar-refractivity contribution in [1.29, 1.82) is 0 Å². The summed E-state index contributed by atoms with van der Waals surface area (Å²) in [7, 11) is 0. The van der Waals surface area contributed by atoms with E-state index >= 15 is 0 Å². The van der Waals surface area contributed by atoms with Crippen molar-refractivity contribution in [2.75, 3.05) is 0 Å². The Labute approximate surface area is 157 Å². The fourth-order valence-corrected chi connectivity index (χ4v) is 3.43. The first-order chi connectivity index (χ1) is 13.0. The van der Waals surface area contributed by atoms with Gasteiger partial charge in [-0.05, 0) is 40.8 Å². The number of nitrogens with zero attached hydrogens (tertiary/aromatic N) is 1. The topological polar surface area (TPSA) is 66.0 Å². The number of hydrogen-bond donors (Lipinski definition) is 2. The van der Waals surface area contributed by atoms with Gasteiger partial charge in [0.15, 0.2) is 0 Å². The van der Waals surface area contributed by atoms with E-state index in [0.29, 0.717) is 5.56 Å². The van der Waals surface area contributed by atoms with Gasteiger partial charge in [0.1, 0.15) is 5.65 Å². The third-order valence-electron chi connectivity index (χ3n) is 4.85. The summed E-state index contributed by atoms with van der Waals surface area (Å²) in [6, 6.07) is 17.8. The highest BCUT2D eigenvalue weighted by atomic mass is 16.4. The number of aromatic carboxylic acids is 1. The molecule has 4 nitrogen and oxygen atoms in total. The van der Waals surface area contributed by atoms with Gasteiger partial charge in [0, 0.05) is 28.9 Å². The van der Waals surface area contributed by atoms with Crippen LogP contribution in [0.15, 0.2) is 67.0 Å². The van der Waals surface area contributed by atoms with Crippen LogP contribution in [0.5, 0.6) is 0 Å². The maximum atomic E-state index is 11.5. The molecule has 0 atom stereocenters. The maximum absolute atomic E-state index is 11.5. The Hall–Kier alpha value is -3.40. The smallest absolute Gasteiger partial charge is 0.335 e. The molecule has 0 amide bonds. The van der Waals surface area contributed by atoms with Crippen LogP contribution in [0.3, 0.4) is 0 Å². The van der Waals surface area contributed by atoms with Crippen molar-refractivity contribution in [3.05, 3.63) is 78.1 Å². The molecule has 0 saturated carbocycles. The largest absolute Gasteiger partial charge is 0.478 e. The number of H-pyrrole nitrogens is 1. The summed E-state index contributed by atoms with van der Waals surface area (Å²) in [6.45, 7) is 4.02. The predicted molar refractivity (Wildman–Crippen MR) is 108 cm³/mol. The number of aromatic amines is 1. The molecule has 0 spiro atoms. The Bertz CT molecular complexity index is 1130. The minimum absolute atomic E-state index is 0.124. The van der Waals surface area contributed by atoms with Gasteiger partial charge in [-0.25, -0.2) is 9.78 Å². The van der Waals surface area contributed by atoms with E-state index in [0.717, 1.165) is 38.9 Å². The Morgan fingerprint density at radius 1 is 1.00 bits per heavy atom. The lowest BCUT2D eigenvalue weighted by Gasteiger charge is -2.12. The number of aromatic nitrogens is 2. The van der Waals surface area contributed by atoms with Crippen molar-refractivity contribution in [2.45, 2.75) is 19.8 Å². The molecular weight excluding hydrogens is 336 g/mol. The molecule has 0 bridgehead atoms. The van der Waals surface area contributed by atoms with Gasteiger partial charge in [0.05, 0.1) is 5.56 Å². The second kappa shape index (κ2) is 6.72. The first-order valence-corrected chi connectivity index (χ1v) is 8.95. The molecule has 27 heavy (non-hydrogen) atoms. The monoisotopic (exact) mass is 356 g/mol. The molecule has 0 aliphatic rings. The van der Waals surface area contributed by atoms with Crippen LogP contribution in [0.4, 0.5) is 0 Å². The Balaban J connectivity index is 1.87. The molecule has 4 aromatic rings. The number of nitrogens with one attached hydrogen (secondary N) is 1. The van der Waals surface area contributed by atoms with E-state index < -0.39 is 5.97 Å². The van der Waals surface area contributed by atoms with Gasteiger partial charge in [-0.1, -0.05) is 50.2 Å². The third kappa shape index (κ3) is 3.10. The number of fused-ring (bicyclic) bond motifs is 1. The average molecular weight is 356 g/mol. The van der Waals surface area contributed by atoms with Gasteiger partial charge in [0.2, 0.25) is 0 Å². The minimum atomic E-state index is -0.891. The van der Waals surface area contributed by atoms with Gasteiger partial charge >= 0.3 is 5.97 Å². The van der Waals surface area contributed by atoms with Crippen LogP contribution < -0.4 is 0 Å². The molecule has 0 aliphatic heterocycles. The van der Waals surface area contributed by atoms with Crippen molar-refractivity contribution >= 4 is 17.0 Å². The molecular formula is C23H20N2O2. The number of benzene rings is 2. The van der Waals surface area contributed by atoms with Crippen LogP contribution in [0.1, 0.15) is 35.7 Å². The standard InChI is InChI=1S/C23H20N2O2/c1-14(2)19-10-16(8-9-18(19)23(26)27)21-13-25-22-20(21)11-17(12-24-22)15-6-4-3-5-7-15/h3-14H,1-2H3,(H,24,25)(H,26,27). The second-order valence-corrected chi connectivity index (χ2v) is 6.95. The van der Waals surface area contributed by atoms with Crippen molar-refractivity contribution < 1.29 is 9.90 Å². The zero-order valence-electron chi connectivity index (χ0n) is 15.2. The molecule has 2 N–H and O–H groups in total. The molecule has 0 aliphatic carbocycles. The van der Waals surface area contributed by atoms with Crippen molar-refractivity contribution in [1.82, 2.24) is 9.97 Å². The van der Waals surface area contributed by atoms with E-state index in [1.165, 1.54) is 0 Å². The summed E-state index contributed by atoms with van der Waals surface area (Å²) in [5.41, 5.74) is 6.19. The Morgan fingerprint density at radius 3 is 2.48 bits per heavy atom. The van der Waals surface area contributed by atoms with Crippen LogP contribution in [-0.4, -0.2) is 21.0 Å². The molecule has 0 unspecified atom stereocenters. The molecule has 0 radical (unpaired) electrons. The van der Waals surface area contributed by atoms with Crippen LogP contribution in [0.25, 0.3) is 33.3 Å². The van der Waals surface area contributed by atoms with Crippen molar-refractivity contribution in [2.24, 2.45) is 0 Å². The molecule has 2 aromatic heterocycles. The van der Waals surface area contributed by atoms with Crippen molar-refractivity contribution in [3.8, 4) is 22.3 Å². The summed E-state index contributed by atoms with van der Waals surface area (Å²) < 4.78 is 0. The van der Waals surface area contributed by atoms with Crippen molar-refractivity contribution in [3.63, 3.8) is 0 Å².